The number of imide groups is 1. The topological polar surface area (TPSA) is 70.6 Å². The Balaban J connectivity index is 1.29. The molecule has 0 aliphatic carbocycles. The number of carbonyl (C=O) groups is 3. The molecule has 0 radical (unpaired) electrons. The number of carbonyl (C=O) groups excluding carboxylic acids is 3. The van der Waals surface area contributed by atoms with Gasteiger partial charge in [-0.2, -0.15) is 0 Å². The molecule has 2 aromatic heterocycles. The number of aromatic nitrogens is 1. The van der Waals surface area contributed by atoms with Gasteiger partial charge in [0.05, 0.1) is 34.4 Å². The number of aryl methyl sites for hydroxylation is 1. The van der Waals surface area contributed by atoms with Crippen LogP contribution in [0.15, 0.2) is 84.2 Å². The number of rotatable bonds is 6. The molecule has 6 rings (SSSR count). The Bertz CT molecular complexity index is 1710. The summed E-state index contributed by atoms with van der Waals surface area (Å²) in [5, 5.41) is 2.71. The third-order valence-corrected chi connectivity index (χ3v) is 8.62. The van der Waals surface area contributed by atoms with Crippen LogP contribution >= 0.6 is 22.7 Å². The summed E-state index contributed by atoms with van der Waals surface area (Å²) in [5.74, 6) is -2.22. The Morgan fingerprint density at radius 3 is 2.59 bits per heavy atom. The Kier molecular flexibility index (Phi) is 6.54. The number of benzene rings is 3. The second-order valence-corrected chi connectivity index (χ2v) is 11.4. The molecule has 0 bridgehead atoms. The first-order valence-corrected chi connectivity index (χ1v) is 14.0. The van der Waals surface area contributed by atoms with Gasteiger partial charge in [0.15, 0.2) is 0 Å². The molecule has 9 heteroatoms. The van der Waals surface area contributed by atoms with Crippen LogP contribution in [-0.2, 0) is 16.1 Å². The van der Waals surface area contributed by atoms with Crippen molar-refractivity contribution in [2.75, 3.05) is 4.90 Å². The molecule has 0 spiro atoms. The third kappa shape index (κ3) is 4.75. The minimum atomic E-state index is -1.04. The molecule has 0 saturated carbocycles. The van der Waals surface area contributed by atoms with E-state index in [2.05, 4.69) is 6.07 Å². The van der Waals surface area contributed by atoms with Crippen molar-refractivity contribution in [1.29, 1.82) is 0 Å². The summed E-state index contributed by atoms with van der Waals surface area (Å²) in [4.78, 5) is 48.2. The fraction of sp³-hybridized carbons (Fsp3) is 0.133. The van der Waals surface area contributed by atoms with Crippen molar-refractivity contribution in [2.24, 2.45) is 0 Å². The SMILES string of the molecule is Cc1ccc2nc(-c3ccc(N4C(=O)CC(N(Cc5cccs5)C(=O)c5ccccc5F)C4=O)cc3)sc2c1. The molecular formula is C30H22FN3O3S2. The molecule has 3 heterocycles. The van der Waals surface area contributed by atoms with Crippen LogP contribution in [0, 0.1) is 12.7 Å². The molecule has 1 saturated heterocycles. The number of thiazole rings is 1. The number of thiophene rings is 1. The summed E-state index contributed by atoms with van der Waals surface area (Å²) in [6, 6.07) is 21.5. The average Bonchev–Trinajstić information content (AvgIpc) is 3.66. The molecular weight excluding hydrogens is 533 g/mol. The first-order chi connectivity index (χ1) is 18.9. The smallest absolute Gasteiger partial charge is 0.257 e. The highest BCUT2D eigenvalue weighted by Crippen LogP contribution is 2.34. The first-order valence-electron chi connectivity index (χ1n) is 12.3. The maximum absolute atomic E-state index is 14.5. The maximum Gasteiger partial charge on any atom is 0.257 e. The Hall–Kier alpha value is -4.21. The first kappa shape index (κ1) is 25.1. The molecule has 6 nitrogen and oxygen atoms in total. The van der Waals surface area contributed by atoms with Crippen molar-refractivity contribution < 1.29 is 18.8 Å². The van der Waals surface area contributed by atoms with Gasteiger partial charge in [-0.05, 0) is 72.5 Å². The van der Waals surface area contributed by atoms with Gasteiger partial charge in [0, 0.05) is 10.4 Å². The van der Waals surface area contributed by atoms with Crippen LogP contribution in [0.1, 0.15) is 27.2 Å². The van der Waals surface area contributed by atoms with Gasteiger partial charge in [-0.3, -0.25) is 14.4 Å². The predicted octanol–water partition coefficient (Wildman–Crippen LogP) is 6.45. The van der Waals surface area contributed by atoms with E-state index in [1.54, 1.807) is 29.5 Å². The van der Waals surface area contributed by atoms with Crippen molar-refractivity contribution in [3.8, 4) is 10.6 Å². The van der Waals surface area contributed by atoms with Crippen LogP contribution in [0.4, 0.5) is 10.1 Å². The van der Waals surface area contributed by atoms with Crippen LogP contribution in [0.2, 0.25) is 0 Å². The number of anilines is 1. The van der Waals surface area contributed by atoms with E-state index in [9.17, 15) is 18.8 Å². The number of fused-ring (bicyclic) bond motifs is 1. The van der Waals surface area contributed by atoms with E-state index in [-0.39, 0.29) is 18.5 Å². The fourth-order valence-electron chi connectivity index (χ4n) is 4.72. The number of nitrogens with zero attached hydrogens (tertiary/aromatic N) is 3. The van der Waals surface area contributed by atoms with E-state index in [1.807, 2.05) is 48.7 Å². The minimum Gasteiger partial charge on any atom is -0.321 e. The highest BCUT2D eigenvalue weighted by Gasteiger charge is 2.45. The van der Waals surface area contributed by atoms with Crippen LogP contribution in [0.25, 0.3) is 20.8 Å². The predicted molar refractivity (Wildman–Crippen MR) is 151 cm³/mol. The summed E-state index contributed by atoms with van der Waals surface area (Å²) >= 11 is 3.00. The van der Waals surface area contributed by atoms with E-state index in [4.69, 9.17) is 4.98 Å². The molecule has 1 aliphatic rings. The van der Waals surface area contributed by atoms with Gasteiger partial charge in [0.2, 0.25) is 5.91 Å². The van der Waals surface area contributed by atoms with Crippen LogP contribution in [0.3, 0.4) is 0 Å². The fourth-order valence-corrected chi connectivity index (χ4v) is 6.49. The highest BCUT2D eigenvalue weighted by molar-refractivity contribution is 7.21. The summed E-state index contributed by atoms with van der Waals surface area (Å²) in [6.45, 7) is 2.13. The van der Waals surface area contributed by atoms with Crippen molar-refractivity contribution in [1.82, 2.24) is 9.88 Å². The van der Waals surface area contributed by atoms with E-state index >= 15 is 0 Å². The molecule has 39 heavy (non-hydrogen) atoms. The van der Waals surface area contributed by atoms with Crippen molar-refractivity contribution in [2.45, 2.75) is 25.9 Å². The molecule has 1 atom stereocenters. The zero-order valence-corrected chi connectivity index (χ0v) is 22.5. The van der Waals surface area contributed by atoms with Crippen LogP contribution < -0.4 is 4.90 Å². The van der Waals surface area contributed by atoms with Gasteiger partial charge < -0.3 is 4.90 Å². The molecule has 3 amide bonds. The molecule has 1 aliphatic heterocycles. The zero-order chi connectivity index (χ0) is 27.1. The highest BCUT2D eigenvalue weighted by atomic mass is 32.1. The van der Waals surface area contributed by atoms with Gasteiger partial charge in [-0.15, -0.1) is 22.7 Å². The third-order valence-electron chi connectivity index (χ3n) is 6.69. The Morgan fingerprint density at radius 1 is 1.05 bits per heavy atom. The lowest BCUT2D eigenvalue weighted by Gasteiger charge is -2.27. The number of halogens is 1. The van der Waals surface area contributed by atoms with Gasteiger partial charge in [0.25, 0.3) is 11.8 Å². The quantitative estimate of drug-likeness (QED) is 0.226. The molecule has 0 N–H and O–H groups in total. The largest absolute Gasteiger partial charge is 0.321 e. The van der Waals surface area contributed by atoms with E-state index in [1.165, 1.54) is 34.4 Å². The van der Waals surface area contributed by atoms with Crippen LogP contribution in [0.5, 0.6) is 0 Å². The van der Waals surface area contributed by atoms with Gasteiger partial charge in [-0.1, -0.05) is 24.3 Å². The molecule has 1 fully saturated rings. The average molecular weight is 556 g/mol. The zero-order valence-electron chi connectivity index (χ0n) is 20.8. The van der Waals surface area contributed by atoms with E-state index in [0.717, 1.165) is 36.1 Å². The maximum atomic E-state index is 14.5. The van der Waals surface area contributed by atoms with Crippen molar-refractivity contribution in [3.63, 3.8) is 0 Å². The molecule has 1 unspecified atom stereocenters. The minimum absolute atomic E-state index is 0.0956. The van der Waals surface area contributed by atoms with Gasteiger partial charge >= 0.3 is 0 Å². The van der Waals surface area contributed by atoms with Gasteiger partial charge in [0.1, 0.15) is 16.9 Å². The van der Waals surface area contributed by atoms with E-state index < -0.39 is 29.6 Å². The number of hydrogen-bond acceptors (Lipinski definition) is 6. The lowest BCUT2D eigenvalue weighted by atomic mass is 10.1. The monoisotopic (exact) mass is 555 g/mol. The standard InChI is InChI=1S/C30H22FN3O3S2/c1-18-8-13-24-26(15-18)39-28(32-24)19-9-11-20(12-10-19)34-27(35)16-25(30(34)37)33(17-21-5-4-14-38-21)29(36)22-6-2-3-7-23(22)31/h2-15,25H,16-17H2,1H3. The van der Waals surface area contributed by atoms with Gasteiger partial charge in [-0.25, -0.2) is 14.3 Å². The van der Waals surface area contributed by atoms with E-state index in [0.29, 0.717) is 5.69 Å². The second kappa shape index (κ2) is 10.2. The molecule has 3 aromatic carbocycles. The number of hydrogen-bond donors (Lipinski definition) is 0. The lowest BCUT2D eigenvalue weighted by molar-refractivity contribution is -0.122. The Labute approximate surface area is 232 Å². The second-order valence-electron chi connectivity index (χ2n) is 9.32. The van der Waals surface area contributed by atoms with Crippen molar-refractivity contribution in [3.05, 3.63) is 106 Å². The van der Waals surface area contributed by atoms with Crippen molar-refractivity contribution >= 4 is 56.3 Å². The summed E-state index contributed by atoms with van der Waals surface area (Å²) in [7, 11) is 0. The lowest BCUT2D eigenvalue weighted by Crippen LogP contribution is -2.45. The summed E-state index contributed by atoms with van der Waals surface area (Å²) < 4.78 is 15.6. The molecule has 5 aromatic rings. The molecule has 194 valence electrons. The number of amides is 3. The normalized spacial score (nSPS) is 15.3. The Morgan fingerprint density at radius 2 is 1.85 bits per heavy atom. The summed E-state index contributed by atoms with van der Waals surface area (Å²) in [6.07, 6.45) is -0.177. The van der Waals surface area contributed by atoms with Crippen LogP contribution in [-0.4, -0.2) is 33.6 Å². The summed E-state index contributed by atoms with van der Waals surface area (Å²) in [5.41, 5.74) is 3.24.